The van der Waals surface area contributed by atoms with E-state index in [0.29, 0.717) is 27.6 Å². The van der Waals surface area contributed by atoms with Crippen LogP contribution < -0.4 is 10.3 Å². The summed E-state index contributed by atoms with van der Waals surface area (Å²) in [6.07, 6.45) is -2.83. The van der Waals surface area contributed by atoms with Gasteiger partial charge in [0.05, 0.1) is 17.7 Å². The lowest BCUT2D eigenvalue weighted by molar-refractivity contribution is -0.153. The fourth-order valence-corrected chi connectivity index (χ4v) is 3.04. The van der Waals surface area contributed by atoms with Crippen LogP contribution in [-0.4, -0.2) is 44.8 Å². The molecular formula is C16H14F3N3O3S. The summed E-state index contributed by atoms with van der Waals surface area (Å²) >= 11 is 1.19. The van der Waals surface area contributed by atoms with Gasteiger partial charge < -0.3 is 14.8 Å². The molecule has 26 heavy (non-hydrogen) atoms. The maximum atomic E-state index is 12.8. The lowest BCUT2D eigenvalue weighted by Gasteiger charge is -2.13. The first-order chi connectivity index (χ1) is 12.4. The van der Waals surface area contributed by atoms with Crippen LogP contribution in [-0.2, 0) is 0 Å². The third-order valence-electron chi connectivity index (χ3n) is 3.38. The van der Waals surface area contributed by atoms with Gasteiger partial charge in [0.15, 0.2) is 11.8 Å². The van der Waals surface area contributed by atoms with Crippen molar-refractivity contribution in [2.45, 2.75) is 11.3 Å². The fourth-order valence-electron chi connectivity index (χ4n) is 2.30. The van der Waals surface area contributed by atoms with Crippen LogP contribution in [0.2, 0.25) is 0 Å². The van der Waals surface area contributed by atoms with E-state index in [-0.39, 0.29) is 17.9 Å². The summed E-state index contributed by atoms with van der Waals surface area (Å²) in [6.45, 7) is -1.48. The number of benzene rings is 1. The zero-order valence-electron chi connectivity index (χ0n) is 13.3. The molecule has 2 N–H and O–H groups in total. The zero-order chi connectivity index (χ0) is 18.7. The van der Waals surface area contributed by atoms with E-state index in [0.717, 1.165) is 0 Å². The Morgan fingerprint density at radius 2 is 1.96 bits per heavy atom. The molecule has 0 fully saturated rings. The number of hydrogen-bond donors (Lipinski definition) is 2. The average molecular weight is 385 g/mol. The highest BCUT2D eigenvalue weighted by atomic mass is 32.2. The van der Waals surface area contributed by atoms with Crippen molar-refractivity contribution in [3.8, 4) is 11.4 Å². The Hall–Kier alpha value is -2.46. The summed E-state index contributed by atoms with van der Waals surface area (Å²) in [4.78, 5) is 20.0. The molecule has 0 spiro atoms. The van der Waals surface area contributed by atoms with Gasteiger partial charge in [0, 0.05) is 11.9 Å². The SMILES string of the molecule is O=c1c2cc[nH]c2nc(SCCO)n1-c1ccc(OCC(F)(F)F)cc1. The summed E-state index contributed by atoms with van der Waals surface area (Å²) < 4.78 is 42.7. The molecule has 2 aromatic heterocycles. The minimum Gasteiger partial charge on any atom is -0.484 e. The summed E-state index contributed by atoms with van der Waals surface area (Å²) in [5.74, 6) is 0.380. The van der Waals surface area contributed by atoms with E-state index in [1.807, 2.05) is 0 Å². The number of ether oxygens (including phenoxy) is 1. The number of thioether (sulfide) groups is 1. The number of rotatable bonds is 6. The van der Waals surface area contributed by atoms with E-state index in [1.54, 1.807) is 12.3 Å². The lowest BCUT2D eigenvalue weighted by atomic mass is 10.3. The number of nitrogens with zero attached hydrogens (tertiary/aromatic N) is 2. The van der Waals surface area contributed by atoms with E-state index in [1.165, 1.54) is 40.6 Å². The summed E-state index contributed by atoms with van der Waals surface area (Å²) in [5.41, 5.74) is 0.544. The van der Waals surface area contributed by atoms with Gasteiger partial charge in [-0.2, -0.15) is 13.2 Å². The van der Waals surface area contributed by atoms with Crippen LogP contribution in [0.25, 0.3) is 16.7 Å². The van der Waals surface area contributed by atoms with Gasteiger partial charge in [-0.25, -0.2) is 4.98 Å². The molecule has 0 aliphatic carbocycles. The molecule has 0 aliphatic rings. The van der Waals surface area contributed by atoms with Gasteiger partial charge in [-0.05, 0) is 30.3 Å². The van der Waals surface area contributed by atoms with Gasteiger partial charge >= 0.3 is 6.18 Å². The molecule has 3 rings (SSSR count). The van der Waals surface area contributed by atoms with Crippen molar-refractivity contribution in [3.05, 3.63) is 46.9 Å². The molecule has 2 heterocycles. The number of aromatic nitrogens is 3. The number of aliphatic hydroxyl groups is 1. The van der Waals surface area contributed by atoms with Crippen LogP contribution in [0.5, 0.6) is 5.75 Å². The van der Waals surface area contributed by atoms with Crippen molar-refractivity contribution < 1.29 is 23.0 Å². The number of hydrogen-bond acceptors (Lipinski definition) is 5. The maximum absolute atomic E-state index is 12.8. The molecule has 138 valence electrons. The molecular weight excluding hydrogens is 371 g/mol. The van der Waals surface area contributed by atoms with Gasteiger partial charge in [-0.3, -0.25) is 9.36 Å². The van der Waals surface area contributed by atoms with Crippen molar-refractivity contribution in [2.75, 3.05) is 19.0 Å². The molecule has 0 unspecified atom stereocenters. The Balaban J connectivity index is 1.98. The first-order valence-electron chi connectivity index (χ1n) is 7.53. The lowest BCUT2D eigenvalue weighted by Crippen LogP contribution is -2.22. The average Bonchev–Trinajstić information content (AvgIpc) is 3.07. The normalized spacial score (nSPS) is 11.8. The Labute approximate surface area is 149 Å². The third kappa shape index (κ3) is 4.02. The number of aliphatic hydroxyl groups excluding tert-OH is 1. The minimum atomic E-state index is -4.42. The number of nitrogens with one attached hydrogen (secondary N) is 1. The van der Waals surface area contributed by atoms with Gasteiger partial charge in [0.2, 0.25) is 0 Å². The molecule has 3 aromatic rings. The van der Waals surface area contributed by atoms with Crippen LogP contribution >= 0.6 is 11.8 Å². The number of halogens is 3. The smallest absolute Gasteiger partial charge is 0.422 e. The van der Waals surface area contributed by atoms with Crippen LogP contribution in [0.1, 0.15) is 0 Å². The number of fused-ring (bicyclic) bond motifs is 1. The number of aromatic amines is 1. The van der Waals surface area contributed by atoms with Crippen LogP contribution in [0.15, 0.2) is 46.5 Å². The number of H-pyrrole nitrogens is 1. The standard InChI is InChI=1S/C16H14F3N3O3S/c17-16(18,19)9-25-11-3-1-10(2-4-11)22-14(24)12-5-6-20-13(12)21-15(22)26-8-7-23/h1-6,20,23H,7-9H2. The second-order valence-electron chi connectivity index (χ2n) is 5.24. The molecule has 0 atom stereocenters. The van der Waals surface area contributed by atoms with Crippen LogP contribution in [0, 0.1) is 0 Å². The van der Waals surface area contributed by atoms with Gasteiger partial charge in [-0.15, -0.1) is 0 Å². The van der Waals surface area contributed by atoms with Crippen molar-refractivity contribution in [1.29, 1.82) is 0 Å². The van der Waals surface area contributed by atoms with Crippen LogP contribution in [0.4, 0.5) is 13.2 Å². The van der Waals surface area contributed by atoms with Gasteiger partial charge in [0.25, 0.3) is 5.56 Å². The zero-order valence-corrected chi connectivity index (χ0v) is 14.1. The highest BCUT2D eigenvalue weighted by Crippen LogP contribution is 2.23. The second kappa shape index (κ2) is 7.42. The summed E-state index contributed by atoms with van der Waals surface area (Å²) in [6, 6.07) is 7.28. The van der Waals surface area contributed by atoms with E-state index in [9.17, 15) is 18.0 Å². The Morgan fingerprint density at radius 1 is 1.23 bits per heavy atom. The van der Waals surface area contributed by atoms with Crippen molar-refractivity contribution >= 4 is 22.8 Å². The predicted octanol–water partition coefficient (Wildman–Crippen LogP) is 2.74. The third-order valence-corrected chi connectivity index (χ3v) is 4.30. The largest absolute Gasteiger partial charge is 0.484 e. The highest BCUT2D eigenvalue weighted by molar-refractivity contribution is 7.99. The molecule has 0 aliphatic heterocycles. The van der Waals surface area contributed by atoms with Gasteiger partial charge in [-0.1, -0.05) is 11.8 Å². The van der Waals surface area contributed by atoms with E-state index in [4.69, 9.17) is 5.11 Å². The fraction of sp³-hybridized carbons (Fsp3) is 0.250. The first kappa shape index (κ1) is 18.3. The van der Waals surface area contributed by atoms with Crippen molar-refractivity contribution in [2.24, 2.45) is 0 Å². The minimum absolute atomic E-state index is 0.0411. The summed E-state index contributed by atoms with van der Waals surface area (Å²) in [5, 5.41) is 9.79. The van der Waals surface area contributed by atoms with E-state index >= 15 is 0 Å². The number of alkyl halides is 3. The molecule has 10 heteroatoms. The predicted molar refractivity (Wildman–Crippen MR) is 91.1 cm³/mol. The quantitative estimate of drug-likeness (QED) is 0.504. The van der Waals surface area contributed by atoms with Crippen molar-refractivity contribution in [3.63, 3.8) is 0 Å². The Morgan fingerprint density at radius 3 is 2.62 bits per heavy atom. The molecule has 6 nitrogen and oxygen atoms in total. The van der Waals surface area contributed by atoms with Crippen LogP contribution in [0.3, 0.4) is 0 Å². The monoisotopic (exact) mass is 385 g/mol. The Kier molecular flexibility index (Phi) is 5.23. The summed E-state index contributed by atoms with van der Waals surface area (Å²) in [7, 11) is 0. The molecule has 0 radical (unpaired) electrons. The molecule has 0 bridgehead atoms. The second-order valence-corrected chi connectivity index (χ2v) is 6.31. The molecule has 0 saturated heterocycles. The van der Waals surface area contributed by atoms with Gasteiger partial charge in [0.1, 0.15) is 11.4 Å². The Bertz CT molecular complexity index is 951. The molecule has 0 saturated carbocycles. The molecule has 0 amide bonds. The van der Waals surface area contributed by atoms with Crippen molar-refractivity contribution in [1.82, 2.24) is 14.5 Å². The topological polar surface area (TPSA) is 80.1 Å². The highest BCUT2D eigenvalue weighted by Gasteiger charge is 2.28. The maximum Gasteiger partial charge on any atom is 0.422 e. The molecule has 1 aromatic carbocycles. The first-order valence-corrected chi connectivity index (χ1v) is 8.51. The van der Waals surface area contributed by atoms with E-state index in [2.05, 4.69) is 14.7 Å². The van der Waals surface area contributed by atoms with E-state index < -0.39 is 12.8 Å².